The molecule has 1 saturated heterocycles. The van der Waals surface area contributed by atoms with Crippen molar-refractivity contribution in [2.24, 2.45) is 11.7 Å². The number of fused-ring (bicyclic) bond motifs is 1. The highest BCUT2D eigenvalue weighted by molar-refractivity contribution is 7.17. The van der Waals surface area contributed by atoms with E-state index in [2.05, 4.69) is 10.3 Å². The van der Waals surface area contributed by atoms with Gasteiger partial charge < -0.3 is 20.5 Å². The average molecular weight is 371 g/mol. The Balaban J connectivity index is 1.83. The molecule has 1 aliphatic rings. The summed E-state index contributed by atoms with van der Waals surface area (Å²) >= 11 is 1.26. The maximum atomic E-state index is 13.6. The predicted octanol–water partition coefficient (Wildman–Crippen LogP) is 1.55. The van der Waals surface area contributed by atoms with Gasteiger partial charge in [0.25, 0.3) is 11.8 Å². The van der Waals surface area contributed by atoms with Crippen LogP contribution in [0.4, 0.5) is 8.78 Å². The van der Waals surface area contributed by atoms with E-state index < -0.39 is 29.7 Å². The van der Waals surface area contributed by atoms with Gasteiger partial charge in [-0.15, -0.1) is 11.3 Å². The van der Waals surface area contributed by atoms with Crippen LogP contribution in [0.25, 0.3) is 10.2 Å². The lowest BCUT2D eigenvalue weighted by Gasteiger charge is -2.17. The molecule has 0 aromatic carbocycles. The molecule has 3 heterocycles. The van der Waals surface area contributed by atoms with Crippen molar-refractivity contribution in [1.82, 2.24) is 10.3 Å². The van der Waals surface area contributed by atoms with E-state index in [-0.39, 0.29) is 18.1 Å². The molecular formula is C15H15F2N3O4S. The largest absolute Gasteiger partial charge is 0.488 e. The zero-order chi connectivity index (χ0) is 18.4. The second kappa shape index (κ2) is 6.10. The maximum absolute atomic E-state index is 13.6. The number of methoxy groups -OCH3 is 1. The van der Waals surface area contributed by atoms with Crippen LogP contribution in [0, 0.1) is 5.92 Å². The van der Waals surface area contributed by atoms with E-state index in [0.717, 1.165) is 0 Å². The molecule has 0 unspecified atom stereocenters. The molecule has 2 aromatic rings. The number of thiophene rings is 1. The molecular weight excluding hydrogens is 356 g/mol. The normalized spacial score (nSPS) is 22.0. The Morgan fingerprint density at radius 3 is 2.80 bits per heavy atom. The van der Waals surface area contributed by atoms with Crippen LogP contribution in [0.15, 0.2) is 11.4 Å². The summed E-state index contributed by atoms with van der Waals surface area (Å²) in [6.45, 7) is 1.16. The van der Waals surface area contributed by atoms with Gasteiger partial charge in [0.2, 0.25) is 5.88 Å². The molecule has 2 amide bonds. The van der Waals surface area contributed by atoms with Gasteiger partial charge in [0.05, 0.1) is 23.8 Å². The number of carbonyl (C=O) groups excluding carboxylic acids is 2. The number of ether oxygens (including phenoxy) is 2. The Bertz CT molecular complexity index is 855. The summed E-state index contributed by atoms with van der Waals surface area (Å²) in [4.78, 5) is 26.9. The summed E-state index contributed by atoms with van der Waals surface area (Å²) in [6.07, 6.45) is 0. The Morgan fingerprint density at radius 1 is 1.52 bits per heavy atom. The van der Waals surface area contributed by atoms with E-state index in [0.29, 0.717) is 16.0 Å². The summed E-state index contributed by atoms with van der Waals surface area (Å²) in [6, 6.07) is 0.721. The van der Waals surface area contributed by atoms with Crippen molar-refractivity contribution in [3.05, 3.63) is 17.0 Å². The van der Waals surface area contributed by atoms with Gasteiger partial charge in [0.1, 0.15) is 17.7 Å². The maximum Gasteiger partial charge on any atom is 0.329 e. The molecule has 0 aliphatic carbocycles. The fourth-order valence-electron chi connectivity index (χ4n) is 2.57. The number of rotatable bonds is 5. The third-order valence-electron chi connectivity index (χ3n) is 4.15. The SMILES string of the molecule is COc1nc2c(OC[C@H]3NC(=O)C(F)(F)[C@H]3C)csc2cc1C(N)=O. The molecule has 0 saturated carbocycles. The number of nitrogens with two attached hydrogens (primary N) is 1. The first-order valence-corrected chi connectivity index (χ1v) is 8.21. The number of hydrogen-bond acceptors (Lipinski definition) is 6. The molecule has 1 aliphatic heterocycles. The molecule has 10 heteroatoms. The molecule has 134 valence electrons. The van der Waals surface area contributed by atoms with E-state index in [4.69, 9.17) is 15.2 Å². The van der Waals surface area contributed by atoms with Crippen LogP contribution in [-0.4, -0.2) is 42.5 Å². The lowest BCUT2D eigenvalue weighted by Crippen LogP contribution is -2.34. The number of pyridine rings is 1. The number of hydrogen-bond donors (Lipinski definition) is 2. The Kier molecular flexibility index (Phi) is 4.23. The van der Waals surface area contributed by atoms with Crippen LogP contribution in [-0.2, 0) is 4.79 Å². The lowest BCUT2D eigenvalue weighted by atomic mass is 10.0. The first-order chi connectivity index (χ1) is 11.8. The van der Waals surface area contributed by atoms with Gasteiger partial charge in [0.15, 0.2) is 5.75 Å². The van der Waals surface area contributed by atoms with Crippen molar-refractivity contribution in [2.45, 2.75) is 18.9 Å². The van der Waals surface area contributed by atoms with Gasteiger partial charge in [-0.25, -0.2) is 4.98 Å². The van der Waals surface area contributed by atoms with Crippen LogP contribution in [0.1, 0.15) is 17.3 Å². The highest BCUT2D eigenvalue weighted by atomic mass is 32.1. The average Bonchev–Trinajstić information content (AvgIpc) is 3.05. The van der Waals surface area contributed by atoms with Gasteiger partial charge in [-0.2, -0.15) is 8.78 Å². The number of nitrogens with zero attached hydrogens (tertiary/aromatic N) is 1. The number of halogens is 2. The summed E-state index contributed by atoms with van der Waals surface area (Å²) in [5.74, 6) is -6.17. The fraction of sp³-hybridized carbons (Fsp3) is 0.400. The van der Waals surface area contributed by atoms with Crippen LogP contribution in [0.5, 0.6) is 11.6 Å². The highest BCUT2D eigenvalue weighted by Gasteiger charge is 2.55. The number of carbonyl (C=O) groups is 2. The molecule has 2 atom stereocenters. The molecule has 7 nitrogen and oxygen atoms in total. The van der Waals surface area contributed by atoms with E-state index in [1.165, 1.54) is 31.4 Å². The van der Waals surface area contributed by atoms with Crippen molar-refractivity contribution in [3.63, 3.8) is 0 Å². The van der Waals surface area contributed by atoms with Gasteiger partial charge in [-0.3, -0.25) is 9.59 Å². The molecule has 3 rings (SSSR count). The number of amides is 2. The molecule has 1 fully saturated rings. The van der Waals surface area contributed by atoms with Crippen LogP contribution in [0.3, 0.4) is 0 Å². The molecule has 0 bridgehead atoms. The minimum Gasteiger partial charge on any atom is -0.488 e. The third-order valence-corrected chi connectivity index (χ3v) is 5.05. The van der Waals surface area contributed by atoms with Crippen LogP contribution in [0.2, 0.25) is 0 Å². The predicted molar refractivity (Wildman–Crippen MR) is 86.2 cm³/mol. The van der Waals surface area contributed by atoms with E-state index in [1.54, 1.807) is 5.38 Å². The van der Waals surface area contributed by atoms with Crippen LogP contribution < -0.4 is 20.5 Å². The van der Waals surface area contributed by atoms with Crippen LogP contribution >= 0.6 is 11.3 Å². The first kappa shape index (κ1) is 17.3. The van der Waals surface area contributed by atoms with E-state index in [1.807, 2.05) is 0 Å². The standard InChI is InChI=1S/C15H15F2N3O4S/c1-6-8(19-14(22)15(6,16)17)4-24-9-5-25-10-3-7(12(18)21)13(23-2)20-11(9)10/h3,5-6,8H,4H2,1-2H3,(H2,18,21)(H,19,22)/t6-,8+/m0/s1. The van der Waals surface area contributed by atoms with Gasteiger partial charge in [-0.05, 0) is 6.07 Å². The topological polar surface area (TPSA) is 104 Å². The lowest BCUT2D eigenvalue weighted by molar-refractivity contribution is -0.143. The molecule has 0 spiro atoms. The summed E-state index contributed by atoms with van der Waals surface area (Å²) in [7, 11) is 1.35. The van der Waals surface area contributed by atoms with Crippen molar-refractivity contribution in [1.29, 1.82) is 0 Å². The van der Waals surface area contributed by atoms with Crippen molar-refractivity contribution in [2.75, 3.05) is 13.7 Å². The summed E-state index contributed by atoms with van der Waals surface area (Å²) in [5, 5.41) is 3.87. The second-order valence-electron chi connectivity index (χ2n) is 5.66. The Labute approximate surface area is 145 Å². The van der Waals surface area contributed by atoms with Gasteiger partial charge in [-0.1, -0.05) is 6.92 Å². The summed E-state index contributed by atoms with van der Waals surface area (Å²) < 4.78 is 38.4. The fourth-order valence-corrected chi connectivity index (χ4v) is 3.42. The zero-order valence-electron chi connectivity index (χ0n) is 13.3. The number of primary amides is 1. The van der Waals surface area contributed by atoms with E-state index in [9.17, 15) is 18.4 Å². The van der Waals surface area contributed by atoms with Gasteiger partial charge in [0, 0.05) is 5.38 Å². The highest BCUT2D eigenvalue weighted by Crippen LogP contribution is 2.36. The number of aromatic nitrogens is 1. The zero-order valence-corrected chi connectivity index (χ0v) is 14.2. The van der Waals surface area contributed by atoms with E-state index >= 15 is 0 Å². The molecule has 3 N–H and O–H groups in total. The summed E-state index contributed by atoms with van der Waals surface area (Å²) in [5.41, 5.74) is 5.85. The Hall–Kier alpha value is -2.49. The van der Waals surface area contributed by atoms with Crippen molar-refractivity contribution < 1.29 is 27.8 Å². The first-order valence-electron chi connectivity index (χ1n) is 7.33. The number of alkyl halides is 2. The molecule has 2 aromatic heterocycles. The minimum absolute atomic E-state index is 0.0531. The van der Waals surface area contributed by atoms with Gasteiger partial charge >= 0.3 is 5.92 Å². The monoisotopic (exact) mass is 371 g/mol. The molecule has 0 radical (unpaired) electrons. The molecule has 25 heavy (non-hydrogen) atoms. The van der Waals surface area contributed by atoms with Crippen molar-refractivity contribution in [3.8, 4) is 11.6 Å². The minimum atomic E-state index is -3.41. The van der Waals surface area contributed by atoms with Crippen molar-refractivity contribution >= 4 is 33.4 Å². The second-order valence-corrected chi connectivity index (χ2v) is 6.57. The quantitative estimate of drug-likeness (QED) is 0.830. The third kappa shape index (κ3) is 2.86. The number of nitrogens with one attached hydrogen (secondary N) is 1. The smallest absolute Gasteiger partial charge is 0.329 e. The Morgan fingerprint density at radius 2 is 2.24 bits per heavy atom.